The molecule has 20 heavy (non-hydrogen) atoms. The van der Waals surface area contributed by atoms with E-state index in [4.69, 9.17) is 0 Å². The van der Waals surface area contributed by atoms with Crippen LogP contribution in [-0.4, -0.2) is 17.4 Å². The van der Waals surface area contributed by atoms with Crippen molar-refractivity contribution in [2.24, 2.45) is 0 Å². The van der Waals surface area contributed by atoms with E-state index in [9.17, 15) is 4.79 Å². The van der Waals surface area contributed by atoms with Gasteiger partial charge in [0.25, 0.3) is 5.91 Å². The molecule has 0 aliphatic carbocycles. The number of carbonyl (C=O) groups excluding carboxylic acids is 1. The molecule has 1 aliphatic heterocycles. The van der Waals surface area contributed by atoms with Crippen molar-refractivity contribution in [1.29, 1.82) is 0 Å². The SMILES string of the molecule is CC1=CC(c2ccccc2)CN1C(=O)c1ccccc1. The van der Waals surface area contributed by atoms with E-state index in [0.29, 0.717) is 5.92 Å². The number of rotatable bonds is 2. The van der Waals surface area contributed by atoms with Gasteiger partial charge in [0.2, 0.25) is 0 Å². The van der Waals surface area contributed by atoms with E-state index in [1.807, 2.05) is 60.4 Å². The zero-order valence-electron chi connectivity index (χ0n) is 11.5. The quantitative estimate of drug-likeness (QED) is 0.806. The first kappa shape index (κ1) is 12.7. The van der Waals surface area contributed by atoms with Gasteiger partial charge < -0.3 is 4.90 Å². The number of benzene rings is 2. The van der Waals surface area contributed by atoms with Gasteiger partial charge in [-0.25, -0.2) is 0 Å². The van der Waals surface area contributed by atoms with Crippen molar-refractivity contribution in [1.82, 2.24) is 4.90 Å². The van der Waals surface area contributed by atoms with E-state index in [0.717, 1.165) is 17.8 Å². The second-order valence-corrected chi connectivity index (χ2v) is 5.11. The lowest BCUT2D eigenvalue weighted by Crippen LogP contribution is -2.28. The fraction of sp³-hybridized carbons (Fsp3) is 0.167. The van der Waals surface area contributed by atoms with Crippen molar-refractivity contribution in [3.8, 4) is 0 Å². The molecule has 2 heteroatoms. The summed E-state index contributed by atoms with van der Waals surface area (Å²) in [5, 5.41) is 0. The molecule has 3 rings (SSSR count). The highest BCUT2D eigenvalue weighted by molar-refractivity contribution is 5.95. The number of nitrogens with zero attached hydrogens (tertiary/aromatic N) is 1. The number of amides is 1. The molecule has 2 aromatic carbocycles. The van der Waals surface area contributed by atoms with Crippen LogP contribution in [0.1, 0.15) is 28.8 Å². The molecule has 1 unspecified atom stereocenters. The Bertz CT molecular complexity index is 631. The van der Waals surface area contributed by atoms with Gasteiger partial charge in [-0.2, -0.15) is 0 Å². The van der Waals surface area contributed by atoms with Crippen molar-refractivity contribution >= 4 is 5.91 Å². The molecular formula is C18H17NO. The normalized spacial score (nSPS) is 17.9. The summed E-state index contributed by atoms with van der Waals surface area (Å²) in [6, 6.07) is 19.8. The van der Waals surface area contributed by atoms with E-state index in [1.165, 1.54) is 5.56 Å². The average molecular weight is 263 g/mol. The first-order chi connectivity index (χ1) is 9.75. The van der Waals surface area contributed by atoms with Crippen molar-refractivity contribution in [2.45, 2.75) is 12.8 Å². The van der Waals surface area contributed by atoms with E-state index in [2.05, 4.69) is 18.2 Å². The van der Waals surface area contributed by atoms with Gasteiger partial charge in [0.15, 0.2) is 0 Å². The molecule has 1 amide bonds. The van der Waals surface area contributed by atoms with Gasteiger partial charge in [0.1, 0.15) is 0 Å². The van der Waals surface area contributed by atoms with Crippen molar-refractivity contribution in [3.05, 3.63) is 83.6 Å². The molecule has 0 aromatic heterocycles. The molecular weight excluding hydrogens is 246 g/mol. The second kappa shape index (κ2) is 5.33. The van der Waals surface area contributed by atoms with Crippen molar-refractivity contribution in [3.63, 3.8) is 0 Å². The maximum Gasteiger partial charge on any atom is 0.258 e. The monoisotopic (exact) mass is 263 g/mol. The van der Waals surface area contributed by atoms with Gasteiger partial charge in [-0.05, 0) is 24.6 Å². The number of carbonyl (C=O) groups is 1. The molecule has 1 atom stereocenters. The lowest BCUT2D eigenvalue weighted by Gasteiger charge is -2.19. The fourth-order valence-corrected chi connectivity index (χ4v) is 2.66. The Morgan fingerprint density at radius 3 is 2.25 bits per heavy atom. The minimum Gasteiger partial charge on any atom is -0.312 e. The summed E-state index contributed by atoms with van der Waals surface area (Å²) >= 11 is 0. The Labute approximate surface area is 119 Å². The third-order valence-corrected chi connectivity index (χ3v) is 3.74. The van der Waals surface area contributed by atoms with E-state index in [1.54, 1.807) is 0 Å². The van der Waals surface area contributed by atoms with Gasteiger partial charge >= 0.3 is 0 Å². The highest BCUT2D eigenvalue weighted by Crippen LogP contribution is 2.29. The van der Waals surface area contributed by atoms with E-state index < -0.39 is 0 Å². The highest BCUT2D eigenvalue weighted by atomic mass is 16.2. The Balaban J connectivity index is 1.81. The standard InChI is InChI=1S/C18H17NO/c1-14-12-17(15-8-4-2-5-9-15)13-19(14)18(20)16-10-6-3-7-11-16/h2-12,17H,13H2,1H3. The van der Waals surface area contributed by atoms with Crippen LogP contribution in [0.3, 0.4) is 0 Å². The van der Waals surface area contributed by atoms with E-state index >= 15 is 0 Å². The van der Waals surface area contributed by atoms with Crippen LogP contribution in [0.25, 0.3) is 0 Å². The summed E-state index contributed by atoms with van der Waals surface area (Å²) in [7, 11) is 0. The molecule has 1 heterocycles. The molecule has 0 spiro atoms. The Kier molecular flexibility index (Phi) is 3.38. The molecule has 0 radical (unpaired) electrons. The lowest BCUT2D eigenvalue weighted by molar-refractivity contribution is 0.0816. The third kappa shape index (κ3) is 2.37. The molecule has 0 bridgehead atoms. The molecule has 0 saturated heterocycles. The molecule has 0 fully saturated rings. The van der Waals surface area contributed by atoms with Crippen LogP contribution in [0.2, 0.25) is 0 Å². The fourth-order valence-electron chi connectivity index (χ4n) is 2.66. The Morgan fingerprint density at radius 1 is 1.00 bits per heavy atom. The molecule has 2 aromatic rings. The van der Waals surface area contributed by atoms with Crippen LogP contribution >= 0.6 is 0 Å². The summed E-state index contributed by atoms with van der Waals surface area (Å²) in [5.41, 5.74) is 3.04. The van der Waals surface area contributed by atoms with Gasteiger partial charge in [-0.1, -0.05) is 54.6 Å². The van der Waals surface area contributed by atoms with Gasteiger partial charge in [-0.3, -0.25) is 4.79 Å². The lowest BCUT2D eigenvalue weighted by atomic mass is 10.0. The smallest absolute Gasteiger partial charge is 0.258 e. The van der Waals surface area contributed by atoms with Crippen LogP contribution < -0.4 is 0 Å². The van der Waals surface area contributed by atoms with Crippen LogP contribution in [0, 0.1) is 0 Å². The first-order valence-corrected chi connectivity index (χ1v) is 6.86. The minimum absolute atomic E-state index is 0.0813. The Morgan fingerprint density at radius 2 is 1.60 bits per heavy atom. The van der Waals surface area contributed by atoms with Crippen LogP contribution in [0.15, 0.2) is 72.4 Å². The maximum atomic E-state index is 12.5. The largest absolute Gasteiger partial charge is 0.312 e. The topological polar surface area (TPSA) is 20.3 Å². The third-order valence-electron chi connectivity index (χ3n) is 3.74. The maximum absolute atomic E-state index is 12.5. The highest BCUT2D eigenvalue weighted by Gasteiger charge is 2.27. The Hall–Kier alpha value is -2.35. The van der Waals surface area contributed by atoms with Crippen LogP contribution in [-0.2, 0) is 0 Å². The summed E-state index contributed by atoms with van der Waals surface area (Å²) < 4.78 is 0. The molecule has 100 valence electrons. The van der Waals surface area contributed by atoms with E-state index in [-0.39, 0.29) is 5.91 Å². The van der Waals surface area contributed by atoms with Gasteiger partial charge in [0.05, 0.1) is 0 Å². The van der Waals surface area contributed by atoms with Gasteiger partial charge in [-0.15, -0.1) is 0 Å². The zero-order chi connectivity index (χ0) is 13.9. The first-order valence-electron chi connectivity index (χ1n) is 6.86. The number of hydrogen-bond donors (Lipinski definition) is 0. The van der Waals surface area contributed by atoms with Gasteiger partial charge in [0, 0.05) is 23.7 Å². The summed E-state index contributed by atoms with van der Waals surface area (Å²) in [6.07, 6.45) is 2.18. The minimum atomic E-state index is 0.0813. The average Bonchev–Trinajstić information content (AvgIpc) is 2.90. The zero-order valence-corrected chi connectivity index (χ0v) is 11.5. The summed E-state index contributed by atoms with van der Waals surface area (Å²) in [5.74, 6) is 0.377. The van der Waals surface area contributed by atoms with Crippen molar-refractivity contribution in [2.75, 3.05) is 6.54 Å². The second-order valence-electron chi connectivity index (χ2n) is 5.11. The van der Waals surface area contributed by atoms with Crippen LogP contribution in [0.5, 0.6) is 0 Å². The predicted molar refractivity (Wildman–Crippen MR) is 80.4 cm³/mol. The molecule has 1 aliphatic rings. The molecule has 0 N–H and O–H groups in total. The molecule has 0 saturated carbocycles. The molecule has 2 nitrogen and oxygen atoms in total. The summed E-state index contributed by atoms with van der Waals surface area (Å²) in [6.45, 7) is 2.73. The number of hydrogen-bond acceptors (Lipinski definition) is 1. The summed E-state index contributed by atoms with van der Waals surface area (Å²) in [4.78, 5) is 14.4. The van der Waals surface area contributed by atoms with Crippen LogP contribution in [0.4, 0.5) is 0 Å². The van der Waals surface area contributed by atoms with Crippen molar-refractivity contribution < 1.29 is 4.79 Å². The number of allylic oxidation sites excluding steroid dienone is 1. The predicted octanol–water partition coefficient (Wildman–Crippen LogP) is 3.83.